The molecule has 1 aromatic heterocycles. The van der Waals surface area contributed by atoms with Gasteiger partial charge < -0.3 is 5.73 Å². The maximum absolute atomic E-state index is 6.54. The second-order valence-corrected chi connectivity index (χ2v) is 7.11. The van der Waals surface area contributed by atoms with Gasteiger partial charge in [0.2, 0.25) is 0 Å². The van der Waals surface area contributed by atoms with Crippen LogP contribution in [0.5, 0.6) is 0 Å². The summed E-state index contributed by atoms with van der Waals surface area (Å²) in [5.74, 6) is 6.47. The summed E-state index contributed by atoms with van der Waals surface area (Å²) >= 11 is 6.11. The van der Waals surface area contributed by atoms with E-state index in [4.69, 9.17) is 28.2 Å². The molecule has 0 saturated carbocycles. The summed E-state index contributed by atoms with van der Waals surface area (Å²) in [6.07, 6.45) is 6.65. The predicted molar refractivity (Wildman–Crippen MR) is 95.2 cm³/mol. The first kappa shape index (κ1) is 14.9. The standard InChI is InChI=1S/C18H21ClN4/c19-13-1-2-14-15(9-13)23-16-8-11-5-10(3-4-22-21)6-12(7-11)17(16)18(14)20/h1-2,5,9,11-12,22H,3-4,6-8,21H2,(H2,20,23). The Labute approximate surface area is 140 Å². The minimum Gasteiger partial charge on any atom is -0.398 e. The minimum atomic E-state index is 0.481. The van der Waals surface area contributed by atoms with Crippen LogP contribution in [-0.4, -0.2) is 11.5 Å². The predicted octanol–water partition coefficient (Wildman–Crippen LogP) is 3.30. The summed E-state index contributed by atoms with van der Waals surface area (Å²) in [6, 6.07) is 5.79. The number of rotatable bonds is 3. The lowest BCUT2D eigenvalue weighted by Crippen LogP contribution is -2.27. The topological polar surface area (TPSA) is 77.0 Å². The average Bonchev–Trinajstić information content (AvgIpc) is 2.52. The largest absolute Gasteiger partial charge is 0.398 e. The van der Waals surface area contributed by atoms with Crippen molar-refractivity contribution < 1.29 is 0 Å². The highest BCUT2D eigenvalue weighted by Gasteiger charge is 2.33. The Morgan fingerprint density at radius 3 is 3.00 bits per heavy atom. The van der Waals surface area contributed by atoms with Crippen LogP contribution in [-0.2, 0) is 6.42 Å². The molecular weight excluding hydrogens is 308 g/mol. The van der Waals surface area contributed by atoms with E-state index >= 15 is 0 Å². The van der Waals surface area contributed by atoms with Crippen molar-refractivity contribution in [1.82, 2.24) is 10.4 Å². The molecule has 120 valence electrons. The van der Waals surface area contributed by atoms with Crippen LogP contribution in [0.1, 0.15) is 36.4 Å². The molecule has 5 N–H and O–H groups in total. The van der Waals surface area contributed by atoms with Crippen LogP contribution >= 0.6 is 11.6 Å². The van der Waals surface area contributed by atoms with Crippen molar-refractivity contribution in [1.29, 1.82) is 0 Å². The third kappa shape index (κ3) is 2.61. The lowest BCUT2D eigenvalue weighted by Gasteiger charge is -2.36. The fourth-order valence-electron chi connectivity index (χ4n) is 4.21. The monoisotopic (exact) mass is 328 g/mol. The van der Waals surface area contributed by atoms with Crippen molar-refractivity contribution >= 4 is 28.2 Å². The number of hydrazine groups is 1. The highest BCUT2D eigenvalue weighted by molar-refractivity contribution is 6.31. The van der Waals surface area contributed by atoms with E-state index in [0.29, 0.717) is 16.9 Å². The molecule has 4 rings (SSSR count). The molecule has 0 aliphatic heterocycles. The first-order chi connectivity index (χ1) is 11.2. The number of aromatic nitrogens is 1. The molecule has 23 heavy (non-hydrogen) atoms. The molecule has 4 nitrogen and oxygen atoms in total. The Hall–Kier alpha value is -1.62. The molecule has 0 radical (unpaired) electrons. The number of pyridine rings is 1. The Balaban J connectivity index is 1.77. The number of anilines is 1. The van der Waals surface area contributed by atoms with E-state index in [2.05, 4.69) is 11.5 Å². The fourth-order valence-corrected chi connectivity index (χ4v) is 4.37. The number of hydrogen-bond donors (Lipinski definition) is 3. The van der Waals surface area contributed by atoms with Crippen molar-refractivity contribution in [3.8, 4) is 0 Å². The van der Waals surface area contributed by atoms with Gasteiger partial charge in [0.05, 0.1) is 5.52 Å². The Bertz CT molecular complexity index is 799. The summed E-state index contributed by atoms with van der Waals surface area (Å²) in [5, 5.41) is 1.73. The smallest absolute Gasteiger partial charge is 0.0741 e. The SMILES string of the molecule is NNCCC1=CC2Cc3nc4cc(Cl)ccc4c(N)c3C(C1)C2. The molecule has 2 bridgehead atoms. The number of benzene rings is 1. The van der Waals surface area contributed by atoms with Gasteiger partial charge in [0.25, 0.3) is 0 Å². The van der Waals surface area contributed by atoms with E-state index in [-0.39, 0.29) is 0 Å². The summed E-state index contributed by atoms with van der Waals surface area (Å²) in [6.45, 7) is 0.822. The maximum Gasteiger partial charge on any atom is 0.0741 e. The normalized spacial score (nSPS) is 22.8. The van der Waals surface area contributed by atoms with Crippen LogP contribution in [0, 0.1) is 5.92 Å². The van der Waals surface area contributed by atoms with Gasteiger partial charge >= 0.3 is 0 Å². The van der Waals surface area contributed by atoms with Crippen LogP contribution in [0.2, 0.25) is 5.02 Å². The van der Waals surface area contributed by atoms with Gasteiger partial charge in [0, 0.05) is 33.9 Å². The number of halogens is 1. The Morgan fingerprint density at radius 2 is 2.17 bits per heavy atom. The molecule has 2 unspecified atom stereocenters. The van der Waals surface area contributed by atoms with E-state index in [1.807, 2.05) is 18.2 Å². The minimum absolute atomic E-state index is 0.481. The molecule has 0 amide bonds. The molecule has 1 heterocycles. The third-order valence-corrected chi connectivity index (χ3v) is 5.36. The highest BCUT2D eigenvalue weighted by Crippen LogP contribution is 2.47. The lowest BCUT2D eigenvalue weighted by molar-refractivity contribution is 0.426. The molecule has 0 saturated heterocycles. The number of hydrogen-bond acceptors (Lipinski definition) is 4. The van der Waals surface area contributed by atoms with E-state index < -0.39 is 0 Å². The van der Waals surface area contributed by atoms with Gasteiger partial charge in [-0.15, -0.1) is 0 Å². The van der Waals surface area contributed by atoms with Gasteiger partial charge in [0.15, 0.2) is 0 Å². The molecular formula is C18H21ClN4. The molecule has 2 aliphatic carbocycles. The Kier molecular flexibility index (Phi) is 3.76. The number of nitrogens with two attached hydrogens (primary N) is 2. The van der Waals surface area contributed by atoms with E-state index in [1.54, 1.807) is 0 Å². The zero-order valence-corrected chi connectivity index (χ0v) is 13.7. The van der Waals surface area contributed by atoms with Crippen molar-refractivity contribution in [3.05, 3.63) is 46.1 Å². The maximum atomic E-state index is 6.54. The number of fused-ring (bicyclic) bond motifs is 5. The number of nitrogen functional groups attached to an aromatic ring is 1. The number of nitrogens with one attached hydrogen (secondary N) is 1. The molecule has 2 aliphatic rings. The highest BCUT2D eigenvalue weighted by atomic mass is 35.5. The van der Waals surface area contributed by atoms with Crippen molar-refractivity contribution in [2.24, 2.45) is 11.8 Å². The van der Waals surface area contributed by atoms with Crippen molar-refractivity contribution in [2.45, 2.75) is 31.6 Å². The summed E-state index contributed by atoms with van der Waals surface area (Å²) in [7, 11) is 0. The molecule has 5 heteroatoms. The fraction of sp³-hybridized carbons (Fsp3) is 0.389. The van der Waals surface area contributed by atoms with Crippen LogP contribution in [0.4, 0.5) is 5.69 Å². The molecule has 0 spiro atoms. The van der Waals surface area contributed by atoms with Crippen LogP contribution < -0.4 is 17.0 Å². The quantitative estimate of drug-likeness (QED) is 0.459. The summed E-state index contributed by atoms with van der Waals surface area (Å²) in [5.41, 5.74) is 15.0. The van der Waals surface area contributed by atoms with Gasteiger partial charge in [-0.3, -0.25) is 16.3 Å². The molecule has 0 fully saturated rings. The van der Waals surface area contributed by atoms with Gasteiger partial charge in [-0.05, 0) is 55.7 Å². The molecule has 2 aromatic rings. The second-order valence-electron chi connectivity index (χ2n) is 6.68. The third-order valence-electron chi connectivity index (χ3n) is 5.13. The van der Waals surface area contributed by atoms with E-state index in [1.165, 1.54) is 17.6 Å². The van der Waals surface area contributed by atoms with Crippen molar-refractivity contribution in [2.75, 3.05) is 12.3 Å². The van der Waals surface area contributed by atoms with Crippen LogP contribution in [0.3, 0.4) is 0 Å². The van der Waals surface area contributed by atoms with Crippen LogP contribution in [0.25, 0.3) is 10.9 Å². The van der Waals surface area contributed by atoms with Gasteiger partial charge in [-0.2, -0.15) is 0 Å². The van der Waals surface area contributed by atoms with E-state index in [0.717, 1.165) is 48.1 Å². The first-order valence-corrected chi connectivity index (χ1v) is 8.54. The van der Waals surface area contributed by atoms with Gasteiger partial charge in [-0.1, -0.05) is 23.3 Å². The Morgan fingerprint density at radius 1 is 1.30 bits per heavy atom. The first-order valence-electron chi connectivity index (χ1n) is 8.16. The second kappa shape index (κ2) is 5.78. The van der Waals surface area contributed by atoms with Crippen LogP contribution in [0.15, 0.2) is 29.8 Å². The zero-order chi connectivity index (χ0) is 16.0. The summed E-state index contributed by atoms with van der Waals surface area (Å²) < 4.78 is 0. The molecule has 1 aromatic carbocycles. The molecule has 2 atom stereocenters. The lowest BCUT2D eigenvalue weighted by atomic mass is 9.70. The average molecular weight is 329 g/mol. The number of allylic oxidation sites excluding steroid dienone is 1. The van der Waals surface area contributed by atoms with Crippen molar-refractivity contribution in [3.63, 3.8) is 0 Å². The van der Waals surface area contributed by atoms with E-state index in [9.17, 15) is 0 Å². The zero-order valence-electron chi connectivity index (χ0n) is 13.0. The summed E-state index contributed by atoms with van der Waals surface area (Å²) in [4.78, 5) is 4.88. The van der Waals surface area contributed by atoms with Gasteiger partial charge in [0.1, 0.15) is 0 Å². The number of nitrogens with zero attached hydrogens (tertiary/aromatic N) is 1. The van der Waals surface area contributed by atoms with Gasteiger partial charge in [-0.25, -0.2) is 0 Å².